The molecule has 1 aromatic heterocycles. The highest BCUT2D eigenvalue weighted by molar-refractivity contribution is 7.16. The van der Waals surface area contributed by atoms with Crippen molar-refractivity contribution in [3.8, 4) is 5.19 Å². The molecule has 4 nitrogen and oxygen atoms in total. The highest BCUT2D eigenvalue weighted by Crippen LogP contribution is 2.18. The Kier molecular flexibility index (Phi) is 2.22. The maximum absolute atomic E-state index is 5.29. The summed E-state index contributed by atoms with van der Waals surface area (Å²) in [5.74, 6) is 0. The predicted molar refractivity (Wildman–Crippen MR) is 40.0 cm³/mol. The van der Waals surface area contributed by atoms with Crippen LogP contribution in [0.25, 0.3) is 0 Å². The van der Waals surface area contributed by atoms with Crippen LogP contribution in [0.3, 0.4) is 0 Å². The molecule has 1 heterocycles. The Bertz CT molecular complexity index is 222. The van der Waals surface area contributed by atoms with Gasteiger partial charge in [-0.05, 0) is 11.3 Å². The van der Waals surface area contributed by atoms with Crippen LogP contribution < -0.4 is 10.5 Å². The lowest BCUT2D eigenvalue weighted by Gasteiger charge is -1.91. The highest BCUT2D eigenvalue weighted by Gasteiger charge is 1.98. The summed E-state index contributed by atoms with van der Waals surface area (Å²) in [6, 6.07) is 0. The maximum atomic E-state index is 5.29. The van der Waals surface area contributed by atoms with E-state index in [1.807, 2.05) is 0 Å². The lowest BCUT2D eigenvalue weighted by atomic mass is 10.7. The second-order valence-electron chi connectivity index (χ2n) is 1.51. The Labute approximate surface area is 62.3 Å². The SMILES string of the molecule is C=CCOc1nnc(N)s1. The number of nitrogens with zero attached hydrogens (tertiary/aromatic N) is 2. The van der Waals surface area contributed by atoms with E-state index in [4.69, 9.17) is 10.5 Å². The number of ether oxygens (including phenoxy) is 1. The van der Waals surface area contributed by atoms with Gasteiger partial charge in [0.1, 0.15) is 6.61 Å². The number of rotatable bonds is 3. The maximum Gasteiger partial charge on any atom is 0.296 e. The first-order chi connectivity index (χ1) is 4.83. The van der Waals surface area contributed by atoms with Gasteiger partial charge in [-0.3, -0.25) is 0 Å². The van der Waals surface area contributed by atoms with Crippen LogP contribution in [0, 0.1) is 0 Å². The van der Waals surface area contributed by atoms with E-state index >= 15 is 0 Å². The van der Waals surface area contributed by atoms with Crippen molar-refractivity contribution >= 4 is 16.5 Å². The molecule has 0 aliphatic heterocycles. The Morgan fingerprint density at radius 3 is 3.00 bits per heavy atom. The van der Waals surface area contributed by atoms with Crippen molar-refractivity contribution in [3.63, 3.8) is 0 Å². The number of nitrogen functional groups attached to an aromatic ring is 1. The van der Waals surface area contributed by atoms with E-state index in [9.17, 15) is 0 Å². The molecule has 5 heteroatoms. The summed E-state index contributed by atoms with van der Waals surface area (Å²) in [4.78, 5) is 0. The van der Waals surface area contributed by atoms with Gasteiger partial charge >= 0.3 is 0 Å². The van der Waals surface area contributed by atoms with Crippen molar-refractivity contribution in [2.75, 3.05) is 12.3 Å². The molecule has 0 atom stereocenters. The molecule has 0 bridgehead atoms. The van der Waals surface area contributed by atoms with Crippen LogP contribution in [0.5, 0.6) is 5.19 Å². The molecule has 2 N–H and O–H groups in total. The Balaban J connectivity index is 2.49. The van der Waals surface area contributed by atoms with Crippen molar-refractivity contribution in [1.29, 1.82) is 0 Å². The third kappa shape index (κ3) is 1.70. The number of aromatic nitrogens is 2. The zero-order valence-corrected chi connectivity index (χ0v) is 6.10. The van der Waals surface area contributed by atoms with E-state index in [0.29, 0.717) is 16.9 Å². The summed E-state index contributed by atoms with van der Waals surface area (Å²) in [6.45, 7) is 3.92. The molecule has 10 heavy (non-hydrogen) atoms. The molecule has 0 aliphatic rings. The molecule has 54 valence electrons. The fraction of sp³-hybridized carbons (Fsp3) is 0.200. The fourth-order valence-corrected chi connectivity index (χ4v) is 0.878. The summed E-state index contributed by atoms with van der Waals surface area (Å²) in [7, 11) is 0. The first-order valence-corrected chi connectivity index (χ1v) is 3.47. The van der Waals surface area contributed by atoms with Gasteiger partial charge in [-0.1, -0.05) is 17.8 Å². The highest BCUT2D eigenvalue weighted by atomic mass is 32.1. The minimum atomic E-state index is 0.416. The summed E-state index contributed by atoms with van der Waals surface area (Å²) >= 11 is 1.21. The van der Waals surface area contributed by atoms with Crippen molar-refractivity contribution in [3.05, 3.63) is 12.7 Å². The first-order valence-electron chi connectivity index (χ1n) is 2.65. The smallest absolute Gasteiger partial charge is 0.296 e. The number of hydrogen-bond acceptors (Lipinski definition) is 5. The molecular formula is C5H7N3OS. The van der Waals surface area contributed by atoms with Crippen molar-refractivity contribution < 1.29 is 4.74 Å². The van der Waals surface area contributed by atoms with Crippen molar-refractivity contribution in [1.82, 2.24) is 10.2 Å². The molecule has 0 saturated heterocycles. The number of hydrogen-bond donors (Lipinski definition) is 1. The van der Waals surface area contributed by atoms with Crippen LogP contribution in [0.1, 0.15) is 0 Å². The molecule has 0 aliphatic carbocycles. The molecule has 1 rings (SSSR count). The van der Waals surface area contributed by atoms with Crippen molar-refractivity contribution in [2.45, 2.75) is 0 Å². The molecule has 0 spiro atoms. The van der Waals surface area contributed by atoms with E-state index in [2.05, 4.69) is 16.8 Å². The van der Waals surface area contributed by atoms with Gasteiger partial charge in [0.2, 0.25) is 5.13 Å². The second kappa shape index (κ2) is 3.17. The molecule has 0 amide bonds. The minimum absolute atomic E-state index is 0.416. The van der Waals surface area contributed by atoms with Gasteiger partial charge in [0.25, 0.3) is 5.19 Å². The van der Waals surface area contributed by atoms with E-state index in [-0.39, 0.29) is 0 Å². The molecule has 0 aromatic carbocycles. The van der Waals surface area contributed by atoms with Gasteiger partial charge in [0.15, 0.2) is 0 Å². The van der Waals surface area contributed by atoms with Gasteiger partial charge in [0, 0.05) is 0 Å². The summed E-state index contributed by atoms with van der Waals surface area (Å²) < 4.78 is 5.02. The van der Waals surface area contributed by atoms with Gasteiger partial charge in [-0.2, -0.15) is 0 Å². The van der Waals surface area contributed by atoms with Gasteiger partial charge < -0.3 is 10.5 Å². The van der Waals surface area contributed by atoms with Gasteiger partial charge in [0.05, 0.1) is 0 Å². The zero-order valence-electron chi connectivity index (χ0n) is 5.28. The summed E-state index contributed by atoms with van der Waals surface area (Å²) in [5.41, 5.74) is 5.29. The van der Waals surface area contributed by atoms with E-state index in [0.717, 1.165) is 0 Å². The van der Waals surface area contributed by atoms with Gasteiger partial charge in [-0.25, -0.2) is 0 Å². The topological polar surface area (TPSA) is 61.0 Å². The zero-order chi connectivity index (χ0) is 7.40. The predicted octanol–water partition coefficient (Wildman–Crippen LogP) is 0.685. The molecule has 1 aromatic rings. The van der Waals surface area contributed by atoms with E-state index in [1.165, 1.54) is 11.3 Å². The van der Waals surface area contributed by atoms with Crippen LogP contribution in [0.4, 0.5) is 5.13 Å². The van der Waals surface area contributed by atoms with Crippen LogP contribution in [-0.4, -0.2) is 16.8 Å². The molecule has 0 saturated carbocycles. The second-order valence-corrected chi connectivity index (χ2v) is 2.48. The lowest BCUT2D eigenvalue weighted by molar-refractivity contribution is 0.357. The average molecular weight is 157 g/mol. The molecule has 0 unspecified atom stereocenters. The van der Waals surface area contributed by atoms with Crippen LogP contribution >= 0.6 is 11.3 Å². The number of nitrogens with two attached hydrogens (primary N) is 1. The van der Waals surface area contributed by atoms with Crippen LogP contribution in [0.2, 0.25) is 0 Å². The van der Waals surface area contributed by atoms with Crippen LogP contribution in [-0.2, 0) is 0 Å². The Hall–Kier alpha value is -1.10. The molecular weight excluding hydrogens is 150 g/mol. The Morgan fingerprint density at radius 2 is 2.50 bits per heavy atom. The monoisotopic (exact) mass is 157 g/mol. The molecule has 0 radical (unpaired) electrons. The van der Waals surface area contributed by atoms with Crippen LogP contribution in [0.15, 0.2) is 12.7 Å². The third-order valence-electron chi connectivity index (χ3n) is 0.747. The van der Waals surface area contributed by atoms with Gasteiger partial charge in [-0.15, -0.1) is 5.10 Å². The summed E-state index contributed by atoms with van der Waals surface area (Å²) in [5, 5.41) is 8.08. The van der Waals surface area contributed by atoms with E-state index in [1.54, 1.807) is 6.08 Å². The standard InChI is InChI=1S/C5H7N3OS/c1-2-3-9-5-8-7-4(6)10-5/h2H,1,3H2,(H2,6,7). The summed E-state index contributed by atoms with van der Waals surface area (Å²) in [6.07, 6.45) is 1.64. The third-order valence-corrected chi connectivity index (χ3v) is 1.41. The first kappa shape index (κ1) is 7.01. The van der Waals surface area contributed by atoms with E-state index < -0.39 is 0 Å². The van der Waals surface area contributed by atoms with Crippen molar-refractivity contribution in [2.24, 2.45) is 0 Å². The lowest BCUT2D eigenvalue weighted by Crippen LogP contribution is -1.91. The molecule has 0 fully saturated rings. The fourth-order valence-electron chi connectivity index (χ4n) is 0.409. The number of anilines is 1. The quantitative estimate of drug-likeness (QED) is 0.655. The average Bonchev–Trinajstić information content (AvgIpc) is 2.31. The normalized spacial score (nSPS) is 9.20. The minimum Gasteiger partial charge on any atom is -0.465 e. The largest absolute Gasteiger partial charge is 0.465 e. The Morgan fingerprint density at radius 1 is 1.70 bits per heavy atom.